The molecule has 1 aliphatic heterocycles. The molecule has 0 amide bonds. The highest BCUT2D eigenvalue weighted by atomic mass is 31.3. The molecule has 0 aromatic rings. The van der Waals surface area contributed by atoms with E-state index in [4.69, 9.17) is 22.6 Å². The van der Waals surface area contributed by atoms with Crippen LogP contribution in [0.1, 0.15) is 13.8 Å². The van der Waals surface area contributed by atoms with Gasteiger partial charge in [0.2, 0.25) is 0 Å². The second-order valence-electron chi connectivity index (χ2n) is 3.36. The van der Waals surface area contributed by atoms with Gasteiger partial charge in [0.1, 0.15) is 0 Å². The Morgan fingerprint density at radius 2 is 1.78 bits per heavy atom. The minimum Gasteiger partial charge on any atom is -0.379 e. The van der Waals surface area contributed by atoms with Crippen LogP contribution in [0.4, 0.5) is 0 Å². The topological polar surface area (TPSA) is 66.5 Å². The van der Waals surface area contributed by atoms with E-state index in [9.17, 15) is 4.57 Å². The van der Waals surface area contributed by atoms with Gasteiger partial charge < -0.3 is 13.8 Å². The molecule has 1 atom stereocenters. The van der Waals surface area contributed by atoms with Gasteiger partial charge in [-0.15, -0.1) is 0 Å². The molecule has 7 nitrogen and oxygen atoms in total. The Kier molecular flexibility index (Phi) is 7.84. The number of rotatable bonds is 8. The van der Waals surface area contributed by atoms with Crippen molar-refractivity contribution in [2.75, 3.05) is 46.6 Å². The molecule has 1 heterocycles. The Morgan fingerprint density at radius 1 is 1.22 bits per heavy atom. The number of hydrogen-bond donors (Lipinski definition) is 0. The Labute approximate surface area is 109 Å². The standard InChI is InChI=1S/C9H21NO6P2/c1-4-14-17(15-5-2)16-18(11,12-3)10-6-8-13-9-7-10/h4-9H2,1-3H3. The summed E-state index contributed by atoms with van der Waals surface area (Å²) in [4.78, 5) is 0. The fraction of sp³-hybridized carbons (Fsp3) is 1.00. The van der Waals surface area contributed by atoms with E-state index in [1.54, 1.807) is 4.67 Å². The van der Waals surface area contributed by atoms with Crippen LogP contribution in [0.15, 0.2) is 0 Å². The van der Waals surface area contributed by atoms with E-state index in [0.29, 0.717) is 39.5 Å². The summed E-state index contributed by atoms with van der Waals surface area (Å²) in [6.45, 7) is 6.54. The molecular formula is C9H21NO6P2. The summed E-state index contributed by atoms with van der Waals surface area (Å²) in [5, 5.41) is 0. The molecule has 0 radical (unpaired) electrons. The first-order chi connectivity index (χ1) is 8.66. The minimum atomic E-state index is -3.36. The van der Waals surface area contributed by atoms with Crippen LogP contribution in [-0.2, 0) is 27.2 Å². The van der Waals surface area contributed by atoms with Crippen LogP contribution in [0.25, 0.3) is 0 Å². The highest BCUT2D eigenvalue weighted by Gasteiger charge is 2.38. The van der Waals surface area contributed by atoms with Gasteiger partial charge in [0.05, 0.1) is 26.4 Å². The first kappa shape index (κ1) is 16.5. The van der Waals surface area contributed by atoms with Crippen molar-refractivity contribution in [3.8, 4) is 0 Å². The first-order valence-corrected chi connectivity index (χ1v) is 8.50. The molecule has 1 rings (SSSR count). The number of ether oxygens (including phenoxy) is 1. The fourth-order valence-electron chi connectivity index (χ4n) is 1.38. The summed E-state index contributed by atoms with van der Waals surface area (Å²) in [5.74, 6) is 0. The fourth-order valence-corrected chi connectivity index (χ4v) is 4.49. The average Bonchev–Trinajstić information content (AvgIpc) is 2.40. The zero-order valence-corrected chi connectivity index (χ0v) is 12.8. The summed E-state index contributed by atoms with van der Waals surface area (Å²) in [6.07, 6.45) is 0. The maximum absolute atomic E-state index is 12.6. The molecule has 1 saturated heterocycles. The molecule has 18 heavy (non-hydrogen) atoms. The van der Waals surface area contributed by atoms with Crippen molar-refractivity contribution < 1.29 is 27.2 Å². The van der Waals surface area contributed by atoms with E-state index in [1.165, 1.54) is 7.11 Å². The van der Waals surface area contributed by atoms with Crippen molar-refractivity contribution in [1.29, 1.82) is 0 Å². The normalized spacial score (nSPS) is 21.1. The predicted molar refractivity (Wildman–Crippen MR) is 68.3 cm³/mol. The molecule has 1 aliphatic rings. The van der Waals surface area contributed by atoms with Gasteiger partial charge >= 0.3 is 16.3 Å². The number of hydrogen-bond acceptors (Lipinski definition) is 6. The lowest BCUT2D eigenvalue weighted by Crippen LogP contribution is -2.34. The van der Waals surface area contributed by atoms with E-state index >= 15 is 0 Å². The van der Waals surface area contributed by atoms with Gasteiger partial charge in [0.15, 0.2) is 0 Å². The third-order valence-corrected chi connectivity index (χ3v) is 6.05. The Morgan fingerprint density at radius 3 is 2.22 bits per heavy atom. The Balaban J connectivity index is 2.63. The minimum absolute atomic E-state index is 0.429. The molecule has 1 fully saturated rings. The molecule has 0 spiro atoms. The van der Waals surface area contributed by atoms with E-state index in [-0.39, 0.29) is 0 Å². The molecule has 0 saturated carbocycles. The van der Waals surface area contributed by atoms with Gasteiger partial charge in [-0.05, 0) is 13.8 Å². The van der Waals surface area contributed by atoms with Gasteiger partial charge in [-0.25, -0.2) is 13.5 Å². The van der Waals surface area contributed by atoms with Crippen LogP contribution in [-0.4, -0.2) is 51.3 Å². The molecule has 0 N–H and O–H groups in total. The van der Waals surface area contributed by atoms with Crippen LogP contribution in [0.2, 0.25) is 0 Å². The van der Waals surface area contributed by atoms with Crippen molar-refractivity contribution in [2.45, 2.75) is 13.8 Å². The van der Waals surface area contributed by atoms with E-state index in [0.717, 1.165) is 0 Å². The molecule has 0 bridgehead atoms. The highest BCUT2D eigenvalue weighted by molar-refractivity contribution is 7.61. The third kappa shape index (κ3) is 4.83. The first-order valence-electron chi connectivity index (χ1n) is 5.91. The van der Waals surface area contributed by atoms with Crippen LogP contribution in [0.5, 0.6) is 0 Å². The molecule has 1 unspecified atom stereocenters. The quantitative estimate of drug-likeness (QED) is 0.638. The maximum atomic E-state index is 12.6. The smallest absolute Gasteiger partial charge is 0.379 e. The average molecular weight is 301 g/mol. The summed E-state index contributed by atoms with van der Waals surface area (Å²) < 4.78 is 40.5. The van der Waals surface area contributed by atoms with Crippen molar-refractivity contribution in [2.24, 2.45) is 0 Å². The molecule has 0 aromatic heterocycles. The van der Waals surface area contributed by atoms with Gasteiger partial charge in [-0.2, -0.15) is 0 Å². The Bertz CT molecular complexity index is 268. The van der Waals surface area contributed by atoms with E-state index in [2.05, 4.69) is 0 Å². The monoisotopic (exact) mass is 301 g/mol. The second-order valence-corrected chi connectivity index (χ2v) is 6.84. The predicted octanol–water partition coefficient (Wildman–Crippen LogP) is 2.39. The molecule has 0 aliphatic carbocycles. The zero-order valence-electron chi connectivity index (χ0n) is 11.0. The van der Waals surface area contributed by atoms with Gasteiger partial charge in [0.25, 0.3) is 0 Å². The zero-order chi connectivity index (χ0) is 13.4. The SMILES string of the molecule is CCOP(OCC)OP(=O)(OC)N1CCOCC1. The largest absolute Gasteiger partial charge is 0.414 e. The molecule has 108 valence electrons. The lowest BCUT2D eigenvalue weighted by molar-refractivity contribution is 0.0581. The van der Waals surface area contributed by atoms with Crippen molar-refractivity contribution >= 4 is 16.3 Å². The third-order valence-electron chi connectivity index (χ3n) is 2.20. The lowest BCUT2D eigenvalue weighted by Gasteiger charge is -2.32. The highest BCUT2D eigenvalue weighted by Crippen LogP contribution is 2.62. The number of morpholine rings is 1. The van der Waals surface area contributed by atoms with E-state index < -0.39 is 16.3 Å². The van der Waals surface area contributed by atoms with E-state index in [1.807, 2.05) is 13.8 Å². The lowest BCUT2D eigenvalue weighted by atomic mass is 10.5. The van der Waals surface area contributed by atoms with Crippen LogP contribution >= 0.6 is 16.3 Å². The van der Waals surface area contributed by atoms with Crippen molar-refractivity contribution in [3.63, 3.8) is 0 Å². The van der Waals surface area contributed by atoms with Crippen LogP contribution < -0.4 is 0 Å². The summed E-state index contributed by atoms with van der Waals surface area (Å²) in [6, 6.07) is 0. The van der Waals surface area contributed by atoms with Crippen LogP contribution in [0.3, 0.4) is 0 Å². The second kappa shape index (κ2) is 8.56. The molecular weight excluding hydrogens is 280 g/mol. The number of nitrogens with zero attached hydrogens (tertiary/aromatic N) is 1. The molecule has 0 aromatic carbocycles. The van der Waals surface area contributed by atoms with Crippen molar-refractivity contribution in [3.05, 3.63) is 0 Å². The van der Waals surface area contributed by atoms with Crippen molar-refractivity contribution in [1.82, 2.24) is 4.67 Å². The van der Waals surface area contributed by atoms with Crippen LogP contribution in [0, 0.1) is 0 Å². The summed E-state index contributed by atoms with van der Waals surface area (Å²) in [7, 11) is -3.65. The van der Waals surface area contributed by atoms with Gasteiger partial charge in [-0.1, -0.05) is 0 Å². The molecule has 9 heteroatoms. The van der Waals surface area contributed by atoms with Gasteiger partial charge in [-0.3, -0.25) is 4.52 Å². The maximum Gasteiger partial charge on any atom is 0.414 e. The Hall–Kier alpha value is 0.420. The van der Waals surface area contributed by atoms with Gasteiger partial charge in [0, 0.05) is 20.2 Å². The summed E-state index contributed by atoms with van der Waals surface area (Å²) >= 11 is 0. The summed E-state index contributed by atoms with van der Waals surface area (Å²) in [5.41, 5.74) is 0.